The van der Waals surface area contributed by atoms with Crippen molar-refractivity contribution in [1.82, 2.24) is 14.1 Å². The fraction of sp³-hybridized carbons (Fsp3) is 0.0909. The summed E-state index contributed by atoms with van der Waals surface area (Å²) in [5, 5.41) is 2.11. The van der Waals surface area contributed by atoms with Crippen LogP contribution < -0.4 is 9.30 Å². The van der Waals surface area contributed by atoms with Crippen LogP contribution in [0.1, 0.15) is 52.5 Å². The number of rotatable bonds is 6. The van der Waals surface area contributed by atoms with Gasteiger partial charge < -0.3 is 4.74 Å². The Balaban J connectivity index is 1.08. The lowest BCUT2D eigenvalue weighted by Gasteiger charge is -2.20. The van der Waals surface area contributed by atoms with Gasteiger partial charge in [-0.05, 0) is 140 Å². The van der Waals surface area contributed by atoms with E-state index >= 15 is 0 Å². The van der Waals surface area contributed by atoms with Gasteiger partial charge in [-0.2, -0.15) is 0 Å². The number of imidazole rings is 1. The van der Waals surface area contributed by atoms with Crippen LogP contribution in [0.3, 0.4) is 0 Å². The minimum atomic E-state index is -2.74. The first-order chi connectivity index (χ1) is 39.2. The van der Waals surface area contributed by atoms with Crippen LogP contribution in [0.25, 0.3) is 106 Å². The van der Waals surface area contributed by atoms with Crippen LogP contribution in [0.2, 0.25) is 0 Å². The number of ether oxygens (including phenoxy) is 1. The van der Waals surface area contributed by atoms with Crippen molar-refractivity contribution in [1.29, 1.82) is 0 Å². The zero-order valence-electron chi connectivity index (χ0n) is 50.0. The second-order valence-electron chi connectivity index (χ2n) is 18.9. The van der Waals surface area contributed by atoms with Crippen molar-refractivity contribution in [2.75, 3.05) is 0 Å². The van der Waals surface area contributed by atoms with E-state index in [-0.39, 0.29) is 39.8 Å². The largest absolute Gasteiger partial charge is 0.458 e. The quantitative estimate of drug-likeness (QED) is 0.123. The molecule has 0 aliphatic carbocycles. The highest BCUT2D eigenvalue weighted by Crippen LogP contribution is 2.48. The summed E-state index contributed by atoms with van der Waals surface area (Å²) in [7, 11) is 0. The predicted molar refractivity (Wildman–Crippen MR) is 291 cm³/mol. The highest BCUT2D eigenvalue weighted by atomic mass is 16.5. The van der Waals surface area contributed by atoms with Gasteiger partial charge in [-0.1, -0.05) is 172 Å². The second kappa shape index (κ2) is 16.4. The number of benzene rings is 9. The molecule has 3 aromatic heterocycles. The van der Waals surface area contributed by atoms with Crippen molar-refractivity contribution in [3.63, 3.8) is 0 Å². The van der Waals surface area contributed by atoms with E-state index in [0.29, 0.717) is 72.9 Å². The predicted octanol–water partition coefficient (Wildman–Crippen LogP) is 16.6. The Morgan fingerprint density at radius 1 is 0.549 bits per heavy atom. The van der Waals surface area contributed by atoms with Crippen molar-refractivity contribution in [2.45, 2.75) is 39.9 Å². The average Bonchev–Trinajstić information content (AvgIpc) is 4.24. The summed E-state index contributed by atoms with van der Waals surface area (Å²) in [4.78, 5) is 4.87. The molecule has 0 radical (unpaired) electrons. The first kappa shape index (κ1) is 32.1. The lowest BCUT2D eigenvalue weighted by molar-refractivity contribution is -0.570. The van der Waals surface area contributed by atoms with Gasteiger partial charge in [-0.25, -0.2) is 4.98 Å². The molecule has 0 amide bonds. The third kappa shape index (κ3) is 6.91. The third-order valence-electron chi connectivity index (χ3n) is 13.7. The van der Waals surface area contributed by atoms with Crippen LogP contribution in [0.15, 0.2) is 212 Å². The molecule has 0 N–H and O–H groups in total. The van der Waals surface area contributed by atoms with Crippen LogP contribution in [0.4, 0.5) is 0 Å². The minimum Gasteiger partial charge on any atom is -0.458 e. The Labute approximate surface area is 429 Å². The number of aryl methyl sites for hydroxylation is 2. The molecular weight excluding hydrogens is 865 g/mol. The molecule has 4 heterocycles. The average molecular weight is 926 g/mol. The molecule has 1 aliphatic rings. The maximum absolute atomic E-state index is 9.30. The molecule has 1 aliphatic heterocycles. The van der Waals surface area contributed by atoms with Crippen LogP contribution >= 0.6 is 0 Å². The highest BCUT2D eigenvalue weighted by Gasteiger charge is 2.28. The van der Waals surface area contributed by atoms with Crippen molar-refractivity contribution in [3.8, 4) is 84.3 Å². The topological polar surface area (TPSA) is 35.9 Å². The molecule has 12 aromatic rings. The molecule has 5 heteroatoms. The molecule has 0 bridgehead atoms. The zero-order chi connectivity index (χ0) is 57.3. The van der Waals surface area contributed by atoms with Gasteiger partial charge in [0.05, 0.1) is 40.3 Å². The van der Waals surface area contributed by atoms with Gasteiger partial charge in [0.15, 0.2) is 0 Å². The Bertz CT molecular complexity index is 4580. The van der Waals surface area contributed by atoms with E-state index in [1.54, 1.807) is 18.2 Å². The SMILES string of the molecule is [2H]c1c([2H])c([2H])c(-c2cccc3c2-c2cccc4c2[n+]([c-]n4-c2cccc(Oc4ccc5c6ccccc6n(-c6cc(C(C)(C)C)ccn6)c5c4)c2)-c2c(cccc2-c2c(C([2H])([2H])[2H])cccc2C([2H])([2H])[2H])-c2ccccc2-3)c([2H])c1[2H]. The maximum atomic E-state index is 9.30. The summed E-state index contributed by atoms with van der Waals surface area (Å²) in [6, 6.07) is 52.6. The minimum absolute atomic E-state index is 0.0109. The van der Waals surface area contributed by atoms with Gasteiger partial charge in [-0.3, -0.25) is 13.7 Å². The number of nitrogens with zero attached hydrogens (tertiary/aromatic N) is 4. The molecule has 71 heavy (non-hydrogen) atoms. The van der Waals surface area contributed by atoms with Crippen molar-refractivity contribution in [2.24, 2.45) is 0 Å². The lowest BCUT2D eigenvalue weighted by atomic mass is 9.84. The molecule has 0 spiro atoms. The van der Waals surface area contributed by atoms with E-state index in [9.17, 15) is 2.74 Å². The third-order valence-corrected chi connectivity index (χ3v) is 13.7. The summed E-state index contributed by atoms with van der Waals surface area (Å²) in [6.07, 6.45) is 5.54. The van der Waals surface area contributed by atoms with E-state index < -0.39 is 31.8 Å². The Morgan fingerprint density at radius 3 is 2.01 bits per heavy atom. The van der Waals surface area contributed by atoms with E-state index in [4.69, 9.17) is 22.1 Å². The molecule has 0 atom stereocenters. The Kier molecular flexibility index (Phi) is 7.42. The van der Waals surface area contributed by atoms with Crippen LogP contribution in [0.5, 0.6) is 11.5 Å². The monoisotopic (exact) mass is 925 g/mol. The molecule has 13 rings (SSSR count). The van der Waals surface area contributed by atoms with Gasteiger partial charge in [0, 0.05) is 31.3 Å². The van der Waals surface area contributed by atoms with Gasteiger partial charge in [0.2, 0.25) is 0 Å². The zero-order valence-corrected chi connectivity index (χ0v) is 39.0. The van der Waals surface area contributed by atoms with E-state index in [0.717, 1.165) is 38.8 Å². The molecule has 0 saturated heterocycles. The number of aromatic nitrogens is 4. The number of hydrogen-bond donors (Lipinski definition) is 0. The summed E-state index contributed by atoms with van der Waals surface area (Å²) in [5.41, 5.74) is 9.49. The van der Waals surface area contributed by atoms with Crippen LogP contribution in [0, 0.1) is 20.0 Å². The van der Waals surface area contributed by atoms with Crippen molar-refractivity contribution >= 4 is 32.8 Å². The summed E-state index contributed by atoms with van der Waals surface area (Å²) < 4.78 is 111. The molecule has 340 valence electrons. The van der Waals surface area contributed by atoms with Crippen molar-refractivity contribution < 1.29 is 24.4 Å². The Morgan fingerprint density at radius 2 is 1.20 bits per heavy atom. The molecule has 0 fully saturated rings. The van der Waals surface area contributed by atoms with Crippen LogP contribution in [-0.4, -0.2) is 14.1 Å². The smallest absolute Gasteiger partial charge is 0.269 e. The van der Waals surface area contributed by atoms with Crippen LogP contribution in [-0.2, 0) is 5.41 Å². The van der Waals surface area contributed by atoms with Crippen molar-refractivity contribution in [3.05, 3.63) is 235 Å². The highest BCUT2D eigenvalue weighted by molar-refractivity contribution is 6.10. The standard InChI is InChI=1S/C66H50N4O/c1-42-18-13-19-43(2)62(42)56-30-16-29-55-51-25-10-9-24-50(51)54-28-15-27-49(44-20-7-6-8-21-44)63(54)57-31-17-33-59-65(57)69(64(55)56)41-68(59)46-22-14-23-47(39-46)71-48-34-35-53-52-26-11-12-32-58(52)70(60(53)40-48)61-38-45(36-37-67-61)66(3,4)5/h6-40H,1-5H3/i1D3,2D3,6D,7D,8D,20D,21D. The number of para-hydroxylation sites is 3. The number of fused-ring (bicyclic) bond motifs is 10. The Hall–Kier alpha value is -8.80. The summed E-state index contributed by atoms with van der Waals surface area (Å²) >= 11 is 0. The molecule has 0 unspecified atom stereocenters. The number of hydrogen-bond acceptors (Lipinski definition) is 2. The lowest BCUT2D eigenvalue weighted by Crippen LogP contribution is -2.32. The van der Waals surface area contributed by atoms with Gasteiger partial charge in [0.1, 0.15) is 17.3 Å². The maximum Gasteiger partial charge on any atom is 0.269 e. The number of pyridine rings is 1. The molecule has 5 nitrogen and oxygen atoms in total. The summed E-state index contributed by atoms with van der Waals surface area (Å²) in [5.74, 6) is 1.87. The van der Waals surface area contributed by atoms with Gasteiger partial charge in [-0.15, -0.1) is 0 Å². The summed E-state index contributed by atoms with van der Waals surface area (Å²) in [6.45, 7) is 1.06. The first-order valence-electron chi connectivity index (χ1n) is 29.0. The van der Waals surface area contributed by atoms with E-state index in [2.05, 4.69) is 62.0 Å². The molecule has 0 saturated carbocycles. The fourth-order valence-corrected chi connectivity index (χ4v) is 10.5. The van der Waals surface area contributed by atoms with Gasteiger partial charge >= 0.3 is 0 Å². The second-order valence-corrected chi connectivity index (χ2v) is 18.9. The van der Waals surface area contributed by atoms with Gasteiger partial charge in [0.25, 0.3) is 6.33 Å². The fourth-order valence-electron chi connectivity index (χ4n) is 10.5. The van der Waals surface area contributed by atoms with E-state index in [1.165, 1.54) is 18.2 Å². The normalized spacial score (nSPS) is 14.6. The molecule has 9 aromatic carbocycles. The molecular formula is C66H50N4O. The first-order valence-corrected chi connectivity index (χ1v) is 23.5. The van der Waals surface area contributed by atoms with E-state index in [1.807, 2.05) is 125 Å².